The number of carboxylic acid groups (broad SMARTS) is 1. The summed E-state index contributed by atoms with van der Waals surface area (Å²) in [7, 11) is 0. The van der Waals surface area contributed by atoms with Gasteiger partial charge in [-0.2, -0.15) is 0 Å². The Morgan fingerprint density at radius 1 is 1.19 bits per heavy atom. The summed E-state index contributed by atoms with van der Waals surface area (Å²) in [4.78, 5) is 10.8. The standard InChI is InChI=1S/C14H14O2/c1-10(14(15)16)8-11-6-7-12-4-2-3-5-13(12)9-11/h2-7,9-10H,8H2,1H3,(H,15,16)/t10-/m1/s1. The molecule has 0 aliphatic carbocycles. The quantitative estimate of drug-likeness (QED) is 0.852. The normalized spacial score (nSPS) is 12.6. The van der Waals surface area contributed by atoms with Crippen LogP contribution in [0, 0.1) is 5.92 Å². The Hall–Kier alpha value is -1.83. The summed E-state index contributed by atoms with van der Waals surface area (Å²) < 4.78 is 0. The van der Waals surface area contributed by atoms with Gasteiger partial charge >= 0.3 is 5.97 Å². The predicted molar refractivity (Wildman–Crippen MR) is 64.5 cm³/mol. The molecule has 0 saturated heterocycles. The fraction of sp³-hybridized carbons (Fsp3) is 0.214. The fourth-order valence-corrected chi connectivity index (χ4v) is 1.81. The van der Waals surface area contributed by atoms with Crippen molar-refractivity contribution >= 4 is 16.7 Å². The number of carboxylic acids is 1. The summed E-state index contributed by atoms with van der Waals surface area (Å²) in [6.45, 7) is 1.73. The molecule has 16 heavy (non-hydrogen) atoms. The molecule has 0 unspecified atom stereocenters. The Morgan fingerprint density at radius 2 is 1.88 bits per heavy atom. The average Bonchev–Trinajstić information content (AvgIpc) is 2.28. The highest BCUT2D eigenvalue weighted by atomic mass is 16.4. The maximum atomic E-state index is 10.8. The third-order valence-electron chi connectivity index (χ3n) is 2.78. The monoisotopic (exact) mass is 214 g/mol. The number of hydrogen-bond acceptors (Lipinski definition) is 1. The molecular weight excluding hydrogens is 200 g/mol. The Morgan fingerprint density at radius 3 is 2.56 bits per heavy atom. The van der Waals surface area contributed by atoms with Gasteiger partial charge in [0.15, 0.2) is 0 Å². The van der Waals surface area contributed by atoms with E-state index in [9.17, 15) is 4.79 Å². The summed E-state index contributed by atoms with van der Waals surface area (Å²) in [5, 5.41) is 11.2. The second kappa shape index (κ2) is 4.35. The van der Waals surface area contributed by atoms with Crippen LogP contribution in [0.25, 0.3) is 10.8 Å². The summed E-state index contributed by atoms with van der Waals surface area (Å²) in [6, 6.07) is 14.2. The lowest BCUT2D eigenvalue weighted by Gasteiger charge is -2.07. The highest BCUT2D eigenvalue weighted by Gasteiger charge is 2.11. The van der Waals surface area contributed by atoms with E-state index >= 15 is 0 Å². The SMILES string of the molecule is C[C@H](Cc1ccc2ccccc2c1)C(=O)O. The van der Waals surface area contributed by atoms with E-state index in [0.29, 0.717) is 6.42 Å². The first-order valence-corrected chi connectivity index (χ1v) is 5.37. The molecule has 82 valence electrons. The molecule has 2 aromatic carbocycles. The molecule has 1 atom stereocenters. The van der Waals surface area contributed by atoms with Crippen LogP contribution in [0.2, 0.25) is 0 Å². The molecule has 0 saturated carbocycles. The van der Waals surface area contributed by atoms with Crippen molar-refractivity contribution < 1.29 is 9.90 Å². The van der Waals surface area contributed by atoms with E-state index in [4.69, 9.17) is 5.11 Å². The summed E-state index contributed by atoms with van der Waals surface area (Å²) in [6.07, 6.45) is 0.583. The zero-order chi connectivity index (χ0) is 11.5. The number of carbonyl (C=O) groups is 1. The van der Waals surface area contributed by atoms with Gasteiger partial charge in [-0.3, -0.25) is 4.79 Å². The molecule has 0 radical (unpaired) electrons. The highest BCUT2D eigenvalue weighted by molar-refractivity contribution is 5.83. The van der Waals surface area contributed by atoms with Gasteiger partial charge in [0.1, 0.15) is 0 Å². The van der Waals surface area contributed by atoms with E-state index in [1.165, 1.54) is 5.39 Å². The van der Waals surface area contributed by atoms with Gasteiger partial charge in [-0.25, -0.2) is 0 Å². The maximum Gasteiger partial charge on any atom is 0.306 e. The number of aliphatic carboxylic acids is 1. The predicted octanol–water partition coefficient (Wildman–Crippen LogP) is 3.10. The van der Waals surface area contributed by atoms with Gasteiger partial charge in [0.05, 0.1) is 5.92 Å². The fourth-order valence-electron chi connectivity index (χ4n) is 1.81. The van der Waals surface area contributed by atoms with Gasteiger partial charge in [0, 0.05) is 0 Å². The Bertz CT molecular complexity index is 517. The van der Waals surface area contributed by atoms with Crippen molar-refractivity contribution in [2.24, 2.45) is 5.92 Å². The van der Waals surface area contributed by atoms with Gasteiger partial charge in [-0.15, -0.1) is 0 Å². The van der Waals surface area contributed by atoms with Crippen molar-refractivity contribution in [2.45, 2.75) is 13.3 Å². The first-order chi connectivity index (χ1) is 7.66. The van der Waals surface area contributed by atoms with Crippen LogP contribution in [0.1, 0.15) is 12.5 Å². The second-order valence-corrected chi connectivity index (χ2v) is 4.12. The van der Waals surface area contributed by atoms with Gasteiger partial charge in [0.2, 0.25) is 0 Å². The molecular formula is C14H14O2. The molecule has 0 aliphatic heterocycles. The molecule has 0 heterocycles. The Balaban J connectivity index is 2.29. The van der Waals surface area contributed by atoms with Crippen molar-refractivity contribution in [1.29, 1.82) is 0 Å². The van der Waals surface area contributed by atoms with Gasteiger partial charge in [-0.05, 0) is 22.8 Å². The van der Waals surface area contributed by atoms with E-state index in [2.05, 4.69) is 12.1 Å². The van der Waals surface area contributed by atoms with Crippen LogP contribution >= 0.6 is 0 Å². The molecule has 2 heteroatoms. The Labute approximate surface area is 94.5 Å². The molecule has 0 fully saturated rings. The summed E-state index contributed by atoms with van der Waals surface area (Å²) in [5.74, 6) is -1.07. The highest BCUT2D eigenvalue weighted by Crippen LogP contribution is 2.17. The van der Waals surface area contributed by atoms with Crippen LogP contribution in [-0.2, 0) is 11.2 Å². The lowest BCUT2D eigenvalue weighted by Crippen LogP contribution is -2.12. The zero-order valence-electron chi connectivity index (χ0n) is 9.18. The van der Waals surface area contributed by atoms with E-state index < -0.39 is 5.97 Å². The molecule has 0 bridgehead atoms. The van der Waals surface area contributed by atoms with Crippen molar-refractivity contribution in [3.05, 3.63) is 48.0 Å². The minimum atomic E-state index is -0.742. The van der Waals surface area contributed by atoms with E-state index in [1.54, 1.807) is 6.92 Å². The number of benzene rings is 2. The summed E-state index contributed by atoms with van der Waals surface area (Å²) >= 11 is 0. The number of rotatable bonds is 3. The molecule has 2 aromatic rings. The third kappa shape index (κ3) is 2.22. The Kier molecular flexibility index (Phi) is 2.91. The third-order valence-corrected chi connectivity index (χ3v) is 2.78. The average molecular weight is 214 g/mol. The molecule has 0 spiro atoms. The van der Waals surface area contributed by atoms with Crippen LogP contribution in [0.3, 0.4) is 0 Å². The van der Waals surface area contributed by atoms with Gasteiger partial charge < -0.3 is 5.11 Å². The van der Waals surface area contributed by atoms with Crippen molar-refractivity contribution in [3.63, 3.8) is 0 Å². The van der Waals surface area contributed by atoms with Crippen molar-refractivity contribution in [3.8, 4) is 0 Å². The zero-order valence-corrected chi connectivity index (χ0v) is 9.18. The van der Waals surface area contributed by atoms with Gasteiger partial charge in [0.25, 0.3) is 0 Å². The first kappa shape index (κ1) is 10.7. The van der Waals surface area contributed by atoms with Crippen LogP contribution in [-0.4, -0.2) is 11.1 Å². The molecule has 2 nitrogen and oxygen atoms in total. The smallest absolute Gasteiger partial charge is 0.306 e. The van der Waals surface area contributed by atoms with Crippen LogP contribution < -0.4 is 0 Å². The van der Waals surface area contributed by atoms with E-state index in [-0.39, 0.29) is 5.92 Å². The van der Waals surface area contributed by atoms with Gasteiger partial charge in [-0.1, -0.05) is 49.4 Å². The van der Waals surface area contributed by atoms with Crippen molar-refractivity contribution in [1.82, 2.24) is 0 Å². The first-order valence-electron chi connectivity index (χ1n) is 5.37. The number of fused-ring (bicyclic) bond motifs is 1. The lowest BCUT2D eigenvalue weighted by atomic mass is 9.99. The molecule has 1 N–H and O–H groups in total. The maximum absolute atomic E-state index is 10.8. The largest absolute Gasteiger partial charge is 0.481 e. The number of hydrogen-bond donors (Lipinski definition) is 1. The second-order valence-electron chi connectivity index (χ2n) is 4.12. The van der Waals surface area contributed by atoms with E-state index in [0.717, 1.165) is 10.9 Å². The molecule has 0 aromatic heterocycles. The van der Waals surface area contributed by atoms with E-state index in [1.807, 2.05) is 30.3 Å². The molecule has 0 amide bonds. The van der Waals surface area contributed by atoms with Crippen LogP contribution in [0.4, 0.5) is 0 Å². The molecule has 0 aliphatic rings. The topological polar surface area (TPSA) is 37.3 Å². The van der Waals surface area contributed by atoms with Crippen LogP contribution in [0.15, 0.2) is 42.5 Å². The lowest BCUT2D eigenvalue weighted by molar-refractivity contribution is -0.141. The minimum absolute atomic E-state index is 0.332. The minimum Gasteiger partial charge on any atom is -0.481 e. The summed E-state index contributed by atoms with van der Waals surface area (Å²) in [5.41, 5.74) is 1.08. The van der Waals surface area contributed by atoms with Crippen molar-refractivity contribution in [2.75, 3.05) is 0 Å². The van der Waals surface area contributed by atoms with Crippen LogP contribution in [0.5, 0.6) is 0 Å². The molecule has 2 rings (SSSR count).